The van der Waals surface area contributed by atoms with Crippen molar-refractivity contribution in [1.82, 2.24) is 0 Å². The maximum absolute atomic E-state index is 14.1. The number of phenols is 1. The summed E-state index contributed by atoms with van der Waals surface area (Å²) in [6.07, 6.45) is 6.72. The number of hydrogen-bond donors (Lipinski definition) is 1. The van der Waals surface area contributed by atoms with Gasteiger partial charge >= 0.3 is 0 Å². The number of aromatic hydroxyl groups is 1. The molecule has 1 N–H and O–H groups in total. The molecule has 2 aliphatic rings. The molecule has 1 saturated heterocycles. The molecule has 2 aliphatic heterocycles. The monoisotopic (exact) mass is 575 g/mol. The van der Waals surface area contributed by atoms with Crippen LogP contribution in [0.5, 0.6) is 11.5 Å². The van der Waals surface area contributed by atoms with Gasteiger partial charge in [0.1, 0.15) is 22.9 Å². The molecule has 0 amide bonds. The summed E-state index contributed by atoms with van der Waals surface area (Å²) in [4.78, 5) is 0. The van der Waals surface area contributed by atoms with E-state index in [9.17, 15) is 13.5 Å². The van der Waals surface area contributed by atoms with Crippen LogP contribution in [0.4, 0.5) is 5.69 Å². The molecule has 0 saturated carbocycles. The maximum atomic E-state index is 14.1. The number of nitrogens with zero attached hydrogens (tertiary/aromatic N) is 1. The van der Waals surface area contributed by atoms with Crippen LogP contribution in [0.1, 0.15) is 69.9 Å². The number of benzene rings is 3. The molecule has 0 spiro atoms. The zero-order valence-corrected chi connectivity index (χ0v) is 24.9. The van der Waals surface area contributed by atoms with Crippen molar-refractivity contribution in [3.05, 3.63) is 90.0 Å². The Bertz CT molecular complexity index is 1420. The summed E-state index contributed by atoms with van der Waals surface area (Å²) in [6.45, 7) is 5.12. The van der Waals surface area contributed by atoms with Gasteiger partial charge in [0.25, 0.3) is 0 Å². The number of para-hydroxylation sites is 1. The quantitative estimate of drug-likeness (QED) is 0.202. The van der Waals surface area contributed by atoms with Gasteiger partial charge in [-0.3, -0.25) is 4.31 Å². The fourth-order valence-corrected chi connectivity index (χ4v) is 8.10. The van der Waals surface area contributed by atoms with E-state index in [-0.39, 0.29) is 11.9 Å². The number of unbranched alkanes of at least 4 members (excludes halogenated alkanes) is 5. The van der Waals surface area contributed by atoms with Crippen molar-refractivity contribution >= 4 is 26.9 Å². The molecule has 218 valence electrons. The van der Waals surface area contributed by atoms with Gasteiger partial charge in [-0.1, -0.05) is 81.5 Å². The number of anilines is 1. The Morgan fingerprint density at radius 1 is 0.829 bits per heavy atom. The first kappa shape index (κ1) is 29.2. The Hall–Kier alpha value is -3.29. The largest absolute Gasteiger partial charge is 0.508 e. The summed E-state index contributed by atoms with van der Waals surface area (Å²) in [5.74, 6) is 0.998. The van der Waals surface area contributed by atoms with Crippen LogP contribution in [0.3, 0.4) is 0 Å². The van der Waals surface area contributed by atoms with E-state index >= 15 is 0 Å². The van der Waals surface area contributed by atoms with Gasteiger partial charge in [-0.2, -0.15) is 0 Å². The minimum atomic E-state index is -3.71. The van der Waals surface area contributed by atoms with E-state index in [1.165, 1.54) is 36.4 Å². The van der Waals surface area contributed by atoms with E-state index in [1.807, 2.05) is 73.7 Å². The normalized spacial score (nSPS) is 20.0. The fraction of sp³-hybridized carbons (Fsp3) is 0.412. The molecule has 5 rings (SSSR count). The zero-order chi connectivity index (χ0) is 28.8. The lowest BCUT2D eigenvalue weighted by atomic mass is 9.83. The summed E-state index contributed by atoms with van der Waals surface area (Å²) in [6, 6.07) is 24.3. The Labute approximate surface area is 244 Å². The molecule has 3 aromatic rings. The molecule has 2 heterocycles. The van der Waals surface area contributed by atoms with Gasteiger partial charge in [-0.25, -0.2) is 8.42 Å². The Morgan fingerprint density at radius 3 is 2.15 bits per heavy atom. The summed E-state index contributed by atoms with van der Waals surface area (Å²) in [5.41, 5.74) is 4.40. The lowest BCUT2D eigenvalue weighted by molar-refractivity contribution is 0.128. The highest BCUT2D eigenvalue weighted by atomic mass is 32.2. The van der Waals surface area contributed by atoms with Crippen molar-refractivity contribution in [1.29, 1.82) is 0 Å². The third-order valence-electron chi connectivity index (χ3n) is 8.12. The van der Waals surface area contributed by atoms with Crippen LogP contribution in [-0.2, 0) is 14.8 Å². The summed E-state index contributed by atoms with van der Waals surface area (Å²) >= 11 is 0. The van der Waals surface area contributed by atoms with Crippen molar-refractivity contribution in [3.63, 3.8) is 0 Å². The first-order chi connectivity index (χ1) is 19.9. The second-order valence-electron chi connectivity index (χ2n) is 10.9. The molecule has 0 unspecified atom stereocenters. The number of sulfonamides is 1. The molecule has 3 aromatic carbocycles. The van der Waals surface area contributed by atoms with E-state index in [0.29, 0.717) is 25.3 Å². The van der Waals surface area contributed by atoms with Gasteiger partial charge in [0.15, 0.2) is 0 Å². The van der Waals surface area contributed by atoms with Gasteiger partial charge in [0.05, 0.1) is 18.4 Å². The third-order valence-corrected chi connectivity index (χ3v) is 10.4. The molecule has 0 aromatic heterocycles. The summed E-state index contributed by atoms with van der Waals surface area (Å²) in [5, 5.41) is 9.18. The second-order valence-corrected chi connectivity index (χ2v) is 13.0. The van der Waals surface area contributed by atoms with Crippen LogP contribution in [0.15, 0.2) is 78.9 Å². The summed E-state index contributed by atoms with van der Waals surface area (Å²) < 4.78 is 42.1. The summed E-state index contributed by atoms with van der Waals surface area (Å²) in [7, 11) is -3.71. The smallest absolute Gasteiger partial charge is 0.241 e. The number of phenolic OH excluding ortho intramolecular Hbond substituents is 1. The van der Waals surface area contributed by atoms with Crippen LogP contribution in [0.25, 0.3) is 11.1 Å². The predicted molar refractivity (Wildman–Crippen MR) is 166 cm³/mol. The van der Waals surface area contributed by atoms with Crippen molar-refractivity contribution in [2.24, 2.45) is 0 Å². The molecular formula is C34H41NO5S. The molecular weight excluding hydrogens is 534 g/mol. The minimum Gasteiger partial charge on any atom is -0.508 e. The number of hydrogen-bond acceptors (Lipinski definition) is 5. The second kappa shape index (κ2) is 13.1. The fourth-order valence-electron chi connectivity index (χ4n) is 6.07. The van der Waals surface area contributed by atoms with E-state index in [4.69, 9.17) is 9.47 Å². The van der Waals surface area contributed by atoms with Crippen molar-refractivity contribution in [2.75, 3.05) is 17.5 Å². The van der Waals surface area contributed by atoms with Crippen molar-refractivity contribution < 1.29 is 23.0 Å². The van der Waals surface area contributed by atoms with Gasteiger partial charge in [-0.05, 0) is 78.4 Å². The highest BCUT2D eigenvalue weighted by Crippen LogP contribution is 2.51. The minimum absolute atomic E-state index is 0.189. The van der Waals surface area contributed by atoms with Crippen LogP contribution < -0.4 is 9.04 Å². The number of fused-ring (bicyclic) bond motifs is 2. The topological polar surface area (TPSA) is 76.1 Å². The Morgan fingerprint density at radius 2 is 1.46 bits per heavy atom. The molecule has 3 atom stereocenters. The van der Waals surface area contributed by atoms with E-state index in [0.717, 1.165) is 34.4 Å². The maximum Gasteiger partial charge on any atom is 0.241 e. The average Bonchev–Trinajstić information content (AvgIpc) is 3.58. The van der Waals surface area contributed by atoms with Crippen molar-refractivity contribution in [3.8, 4) is 11.5 Å². The number of rotatable bonds is 14. The first-order valence-corrected chi connectivity index (χ1v) is 16.4. The average molecular weight is 576 g/mol. The van der Waals surface area contributed by atoms with Gasteiger partial charge in [0, 0.05) is 6.54 Å². The Balaban J connectivity index is 1.41. The van der Waals surface area contributed by atoms with Crippen LogP contribution >= 0.6 is 0 Å². The lowest BCUT2D eigenvalue weighted by Crippen LogP contribution is -2.43. The molecule has 0 aliphatic carbocycles. The first-order valence-electron chi connectivity index (χ1n) is 14.9. The predicted octanol–water partition coefficient (Wildman–Crippen LogP) is 7.44. The van der Waals surface area contributed by atoms with Crippen molar-refractivity contribution in [2.45, 2.75) is 76.3 Å². The van der Waals surface area contributed by atoms with Gasteiger partial charge in [0.2, 0.25) is 10.0 Å². The SMILES string of the molecule is CCCCCCCCOc1ccc(C2=C(c3ccc(O)cc3)[C@H]3C[C@H](S(=O)(=O)N(CC)c4ccccc4)[C@@H]2O3)cc1. The standard InChI is InChI=1S/C34H41NO5S/c1-3-5-6-7-8-12-23-39-29-21-17-26(18-22-29)33-32(25-15-19-28(36)20-16-25)30-24-31(34(33)40-30)41(37,38)35(4-2)27-13-10-9-11-14-27/h9-11,13-22,30-31,34,36H,3-8,12,23-24H2,1-2H3/t30-,31+,34+/m1/s1. The zero-order valence-electron chi connectivity index (χ0n) is 24.0. The van der Waals surface area contributed by atoms with Gasteiger partial charge in [-0.15, -0.1) is 0 Å². The highest BCUT2D eigenvalue weighted by Gasteiger charge is 2.54. The van der Waals surface area contributed by atoms with Gasteiger partial charge < -0.3 is 14.6 Å². The third kappa shape index (κ3) is 6.31. The number of ether oxygens (including phenoxy) is 2. The Kier molecular flexibility index (Phi) is 9.35. The molecule has 1 fully saturated rings. The highest BCUT2D eigenvalue weighted by molar-refractivity contribution is 7.93. The van der Waals surface area contributed by atoms with E-state index < -0.39 is 21.4 Å². The molecule has 41 heavy (non-hydrogen) atoms. The van der Waals surface area contributed by atoms with E-state index in [1.54, 1.807) is 12.1 Å². The van der Waals surface area contributed by atoms with Crippen LogP contribution in [0, 0.1) is 0 Å². The van der Waals surface area contributed by atoms with Crippen LogP contribution in [0.2, 0.25) is 0 Å². The lowest BCUT2D eigenvalue weighted by Gasteiger charge is -2.31. The molecule has 2 bridgehead atoms. The molecule has 6 nitrogen and oxygen atoms in total. The van der Waals surface area contributed by atoms with Crippen LogP contribution in [-0.4, -0.2) is 44.1 Å². The molecule has 0 radical (unpaired) electrons. The molecule has 7 heteroatoms. The van der Waals surface area contributed by atoms with E-state index in [2.05, 4.69) is 6.92 Å².